The van der Waals surface area contributed by atoms with E-state index in [-0.39, 0.29) is 0 Å². The quantitative estimate of drug-likeness (QED) is 0.944. The summed E-state index contributed by atoms with van der Waals surface area (Å²) in [7, 11) is 0. The van der Waals surface area contributed by atoms with Gasteiger partial charge in [-0.3, -0.25) is 4.90 Å². The maximum atomic E-state index is 9.39. The van der Waals surface area contributed by atoms with Gasteiger partial charge in [-0.25, -0.2) is 4.68 Å². The van der Waals surface area contributed by atoms with Crippen molar-refractivity contribution in [2.75, 3.05) is 19.7 Å². The number of benzene rings is 1. The Hall–Kier alpha value is -1.65. The number of likely N-dealkylation sites (tertiary alicyclic amines) is 1. The highest BCUT2D eigenvalue weighted by Crippen LogP contribution is 2.23. The second kappa shape index (κ2) is 6.63. The highest BCUT2D eigenvalue weighted by atomic mass is 16.3. The molecule has 1 aromatic heterocycles. The maximum absolute atomic E-state index is 9.39. The summed E-state index contributed by atoms with van der Waals surface area (Å²) in [5.74, 6) is 0.429. The molecule has 4 nitrogen and oxygen atoms in total. The van der Waals surface area contributed by atoms with E-state index >= 15 is 0 Å². The van der Waals surface area contributed by atoms with Crippen LogP contribution in [0.4, 0.5) is 0 Å². The molecule has 1 fully saturated rings. The first-order valence-corrected chi connectivity index (χ1v) is 8.12. The van der Waals surface area contributed by atoms with E-state index in [4.69, 9.17) is 5.10 Å². The lowest BCUT2D eigenvalue weighted by atomic mass is 9.98. The van der Waals surface area contributed by atoms with Crippen molar-refractivity contribution in [3.63, 3.8) is 0 Å². The highest BCUT2D eigenvalue weighted by Gasteiger charge is 2.22. The Balaban J connectivity index is 1.81. The summed E-state index contributed by atoms with van der Waals surface area (Å²) >= 11 is 0. The third-order valence-electron chi connectivity index (χ3n) is 4.68. The summed E-state index contributed by atoms with van der Waals surface area (Å²) in [5.41, 5.74) is 4.76. The monoisotopic (exact) mass is 299 g/mol. The van der Waals surface area contributed by atoms with E-state index in [2.05, 4.69) is 30.9 Å². The van der Waals surface area contributed by atoms with Crippen LogP contribution in [-0.4, -0.2) is 39.5 Å². The van der Waals surface area contributed by atoms with Crippen LogP contribution in [0.15, 0.2) is 30.3 Å². The molecule has 0 spiro atoms. The zero-order valence-electron chi connectivity index (χ0n) is 13.5. The predicted molar refractivity (Wildman–Crippen MR) is 88.1 cm³/mol. The molecule has 1 aliphatic rings. The Morgan fingerprint density at radius 3 is 2.73 bits per heavy atom. The van der Waals surface area contributed by atoms with E-state index < -0.39 is 0 Å². The molecule has 0 amide bonds. The summed E-state index contributed by atoms with van der Waals surface area (Å²) in [6.07, 6.45) is 2.32. The van der Waals surface area contributed by atoms with Crippen molar-refractivity contribution in [1.29, 1.82) is 0 Å². The molecule has 0 aliphatic carbocycles. The Labute approximate surface area is 132 Å². The molecular formula is C18H25N3O. The topological polar surface area (TPSA) is 41.3 Å². The number of piperidine rings is 1. The maximum Gasteiger partial charge on any atom is 0.0648 e. The van der Waals surface area contributed by atoms with E-state index in [9.17, 15) is 5.11 Å². The van der Waals surface area contributed by atoms with E-state index in [1.165, 1.54) is 17.7 Å². The SMILES string of the molecule is Cc1nn(-c2ccccc2)c(C)c1CN1CCCC(CO)C1. The Kier molecular flexibility index (Phi) is 4.60. The molecule has 22 heavy (non-hydrogen) atoms. The predicted octanol–water partition coefficient (Wildman–Crippen LogP) is 2.69. The Morgan fingerprint density at radius 1 is 1.23 bits per heavy atom. The number of aromatic nitrogens is 2. The van der Waals surface area contributed by atoms with Gasteiger partial charge in [0.25, 0.3) is 0 Å². The van der Waals surface area contributed by atoms with Gasteiger partial charge >= 0.3 is 0 Å². The number of para-hydroxylation sites is 1. The van der Waals surface area contributed by atoms with Crippen molar-refractivity contribution in [1.82, 2.24) is 14.7 Å². The fourth-order valence-electron chi connectivity index (χ4n) is 3.39. The van der Waals surface area contributed by atoms with Crippen LogP contribution in [0.1, 0.15) is 29.8 Å². The molecule has 1 aromatic carbocycles. The van der Waals surface area contributed by atoms with E-state index in [0.29, 0.717) is 12.5 Å². The number of aryl methyl sites for hydroxylation is 1. The highest BCUT2D eigenvalue weighted by molar-refractivity contribution is 5.36. The lowest BCUT2D eigenvalue weighted by Gasteiger charge is -2.31. The first kappa shape index (κ1) is 15.3. The summed E-state index contributed by atoms with van der Waals surface area (Å²) in [5, 5.41) is 14.1. The molecule has 4 heteroatoms. The number of hydrogen-bond acceptors (Lipinski definition) is 3. The summed E-state index contributed by atoms with van der Waals surface area (Å²) < 4.78 is 2.04. The number of nitrogens with zero attached hydrogens (tertiary/aromatic N) is 3. The molecule has 1 N–H and O–H groups in total. The van der Waals surface area contributed by atoms with Crippen LogP contribution in [0, 0.1) is 19.8 Å². The van der Waals surface area contributed by atoms with E-state index in [1.54, 1.807) is 0 Å². The van der Waals surface area contributed by atoms with Gasteiger partial charge in [-0.05, 0) is 51.3 Å². The average Bonchev–Trinajstić information content (AvgIpc) is 2.84. The van der Waals surface area contributed by atoms with Crippen LogP contribution in [-0.2, 0) is 6.54 Å². The van der Waals surface area contributed by atoms with Crippen molar-refractivity contribution in [3.8, 4) is 5.69 Å². The van der Waals surface area contributed by atoms with Gasteiger partial charge in [-0.2, -0.15) is 5.10 Å². The Bertz CT molecular complexity index is 621. The summed E-state index contributed by atoms with van der Waals surface area (Å²) in [6.45, 7) is 7.58. The first-order chi connectivity index (χ1) is 10.7. The van der Waals surface area contributed by atoms with Crippen LogP contribution < -0.4 is 0 Å². The molecule has 3 rings (SSSR count). The van der Waals surface area contributed by atoms with Gasteiger partial charge < -0.3 is 5.11 Å². The van der Waals surface area contributed by atoms with Crippen molar-refractivity contribution in [3.05, 3.63) is 47.3 Å². The van der Waals surface area contributed by atoms with Gasteiger partial charge in [0.15, 0.2) is 0 Å². The second-order valence-electron chi connectivity index (χ2n) is 6.32. The fourth-order valence-corrected chi connectivity index (χ4v) is 3.39. The smallest absolute Gasteiger partial charge is 0.0648 e. The molecule has 1 aliphatic heterocycles. The minimum Gasteiger partial charge on any atom is -0.396 e. The van der Waals surface area contributed by atoms with E-state index in [1.807, 2.05) is 22.9 Å². The molecule has 1 atom stereocenters. The first-order valence-electron chi connectivity index (χ1n) is 8.12. The standard InChI is InChI=1S/C18H25N3O/c1-14-18(12-20-10-6-7-16(11-20)13-22)15(2)21(19-14)17-8-4-3-5-9-17/h3-5,8-9,16,22H,6-7,10-13H2,1-2H3. The van der Waals surface area contributed by atoms with Crippen molar-refractivity contribution in [2.24, 2.45) is 5.92 Å². The zero-order valence-corrected chi connectivity index (χ0v) is 13.5. The minimum atomic E-state index is 0.303. The summed E-state index contributed by atoms with van der Waals surface area (Å²) in [4.78, 5) is 2.46. The van der Waals surface area contributed by atoms with Crippen LogP contribution in [0.3, 0.4) is 0 Å². The van der Waals surface area contributed by atoms with Crippen LogP contribution in [0.2, 0.25) is 0 Å². The third-order valence-corrected chi connectivity index (χ3v) is 4.68. The third kappa shape index (κ3) is 3.08. The lowest BCUT2D eigenvalue weighted by Crippen LogP contribution is -2.36. The molecule has 0 bridgehead atoms. The van der Waals surface area contributed by atoms with Crippen molar-refractivity contribution in [2.45, 2.75) is 33.2 Å². The Morgan fingerprint density at radius 2 is 2.00 bits per heavy atom. The van der Waals surface area contributed by atoms with Gasteiger partial charge in [-0.15, -0.1) is 0 Å². The number of rotatable bonds is 4. The number of hydrogen-bond donors (Lipinski definition) is 1. The van der Waals surface area contributed by atoms with E-state index in [0.717, 1.165) is 37.4 Å². The van der Waals surface area contributed by atoms with Crippen LogP contribution in [0.5, 0.6) is 0 Å². The lowest BCUT2D eigenvalue weighted by molar-refractivity contribution is 0.115. The second-order valence-corrected chi connectivity index (χ2v) is 6.32. The fraction of sp³-hybridized carbons (Fsp3) is 0.500. The van der Waals surface area contributed by atoms with Crippen molar-refractivity contribution < 1.29 is 5.11 Å². The number of aliphatic hydroxyl groups excluding tert-OH is 1. The van der Waals surface area contributed by atoms with Gasteiger partial charge in [0.1, 0.15) is 0 Å². The van der Waals surface area contributed by atoms with Crippen molar-refractivity contribution >= 4 is 0 Å². The molecule has 2 heterocycles. The molecule has 1 saturated heterocycles. The average molecular weight is 299 g/mol. The largest absolute Gasteiger partial charge is 0.396 e. The molecule has 0 radical (unpaired) electrons. The molecular weight excluding hydrogens is 274 g/mol. The normalized spacial score (nSPS) is 19.5. The van der Waals surface area contributed by atoms with Gasteiger partial charge in [-0.1, -0.05) is 18.2 Å². The molecule has 2 aromatic rings. The minimum absolute atomic E-state index is 0.303. The summed E-state index contributed by atoms with van der Waals surface area (Å²) in [6, 6.07) is 10.3. The van der Waals surface area contributed by atoms with Gasteiger partial charge in [0, 0.05) is 31.0 Å². The molecule has 1 unspecified atom stereocenters. The molecule has 118 valence electrons. The van der Waals surface area contributed by atoms with Gasteiger partial charge in [0.05, 0.1) is 11.4 Å². The van der Waals surface area contributed by atoms with Gasteiger partial charge in [0.2, 0.25) is 0 Å². The number of aliphatic hydroxyl groups is 1. The zero-order chi connectivity index (χ0) is 15.5. The van der Waals surface area contributed by atoms with Crippen LogP contribution in [0.25, 0.3) is 5.69 Å². The molecule has 0 saturated carbocycles. The van der Waals surface area contributed by atoms with Crippen LogP contribution >= 0.6 is 0 Å².